The summed E-state index contributed by atoms with van der Waals surface area (Å²) in [6, 6.07) is 2.30. The molecule has 74 valence electrons. The van der Waals surface area contributed by atoms with Gasteiger partial charge in [-0.25, -0.2) is 0 Å². The average molecular weight is 180 g/mol. The van der Waals surface area contributed by atoms with Crippen LogP contribution in [0.15, 0.2) is 0 Å². The van der Waals surface area contributed by atoms with Crippen molar-refractivity contribution in [3.05, 3.63) is 0 Å². The van der Waals surface area contributed by atoms with Crippen LogP contribution in [0.4, 0.5) is 0 Å². The molecule has 13 heavy (non-hydrogen) atoms. The van der Waals surface area contributed by atoms with Gasteiger partial charge in [0, 0.05) is 5.92 Å². The molecule has 0 N–H and O–H groups in total. The Balaban J connectivity index is 2.13. The fraction of sp³-hybridized carbons (Fsp3) is 0.909. The number of hydrogen-bond acceptors (Lipinski definition) is 2. The molecule has 1 rings (SSSR count). The molecule has 1 fully saturated rings. The predicted molar refractivity (Wildman–Crippen MR) is 54.2 cm³/mol. The molecule has 2 heteroatoms. The molecule has 0 aromatic rings. The maximum Gasteiger partial charge on any atom is 0.0652 e. The van der Waals surface area contributed by atoms with Gasteiger partial charge in [0.25, 0.3) is 0 Å². The van der Waals surface area contributed by atoms with Gasteiger partial charge in [0.2, 0.25) is 0 Å². The van der Waals surface area contributed by atoms with E-state index in [1.165, 1.54) is 32.4 Å². The van der Waals surface area contributed by atoms with Gasteiger partial charge < -0.3 is 4.90 Å². The normalized spacial score (nSPS) is 22.5. The van der Waals surface area contributed by atoms with Crippen LogP contribution in [0.3, 0.4) is 0 Å². The first-order chi connectivity index (χ1) is 6.22. The number of nitrogens with zero attached hydrogens (tertiary/aromatic N) is 2. The van der Waals surface area contributed by atoms with E-state index in [4.69, 9.17) is 5.26 Å². The summed E-state index contributed by atoms with van der Waals surface area (Å²) in [5.74, 6) is 1.13. The average Bonchev–Trinajstić information content (AvgIpc) is 2.16. The first kappa shape index (κ1) is 10.5. The molecule has 0 amide bonds. The Hall–Kier alpha value is -0.550. The van der Waals surface area contributed by atoms with Crippen molar-refractivity contribution in [1.82, 2.24) is 4.90 Å². The van der Waals surface area contributed by atoms with Crippen LogP contribution in [0, 0.1) is 23.2 Å². The second kappa shape index (κ2) is 5.24. The number of hydrogen-bond donors (Lipinski definition) is 0. The number of rotatable bonds is 3. The third-order valence-electron chi connectivity index (χ3n) is 3.07. The lowest BCUT2D eigenvalue weighted by Gasteiger charge is -2.29. The lowest BCUT2D eigenvalue weighted by atomic mass is 9.90. The van der Waals surface area contributed by atoms with E-state index in [0.29, 0.717) is 0 Å². The van der Waals surface area contributed by atoms with Gasteiger partial charge in [-0.1, -0.05) is 0 Å². The van der Waals surface area contributed by atoms with Crippen LogP contribution in [0.25, 0.3) is 0 Å². The molecule has 0 aromatic carbocycles. The van der Waals surface area contributed by atoms with Crippen molar-refractivity contribution in [3.63, 3.8) is 0 Å². The lowest BCUT2D eigenvalue weighted by molar-refractivity contribution is 0.208. The van der Waals surface area contributed by atoms with Gasteiger partial charge in [0.05, 0.1) is 6.07 Å². The maximum absolute atomic E-state index is 8.65. The van der Waals surface area contributed by atoms with Crippen molar-refractivity contribution in [1.29, 1.82) is 5.26 Å². The quantitative estimate of drug-likeness (QED) is 0.666. The third-order valence-corrected chi connectivity index (χ3v) is 3.07. The highest BCUT2D eigenvalue weighted by Crippen LogP contribution is 2.22. The minimum absolute atomic E-state index is 0.250. The second-order valence-electron chi connectivity index (χ2n) is 4.35. The smallest absolute Gasteiger partial charge is 0.0652 e. The maximum atomic E-state index is 8.65. The Labute approximate surface area is 81.5 Å². The minimum atomic E-state index is 0.250. The summed E-state index contributed by atoms with van der Waals surface area (Å²) in [5.41, 5.74) is 0. The Kier molecular flexibility index (Phi) is 4.24. The summed E-state index contributed by atoms with van der Waals surface area (Å²) in [5, 5.41) is 8.65. The Bertz CT molecular complexity index is 175. The van der Waals surface area contributed by atoms with Crippen LogP contribution < -0.4 is 0 Å². The molecule has 0 radical (unpaired) electrons. The number of piperidine rings is 1. The van der Waals surface area contributed by atoms with Gasteiger partial charge in [0.1, 0.15) is 0 Å². The van der Waals surface area contributed by atoms with E-state index in [1.807, 2.05) is 6.92 Å². The fourth-order valence-electron chi connectivity index (χ4n) is 1.90. The highest BCUT2D eigenvalue weighted by molar-refractivity contribution is 4.80. The third kappa shape index (κ3) is 3.78. The molecule has 1 atom stereocenters. The fourth-order valence-corrected chi connectivity index (χ4v) is 1.90. The molecule has 0 bridgehead atoms. The second-order valence-corrected chi connectivity index (χ2v) is 4.35. The van der Waals surface area contributed by atoms with Gasteiger partial charge >= 0.3 is 0 Å². The van der Waals surface area contributed by atoms with Crippen LogP contribution in [-0.2, 0) is 0 Å². The first-order valence-corrected chi connectivity index (χ1v) is 5.30. The SMILES string of the molecule is CC(C#N)CCC1CCN(C)CC1. The molecule has 1 aliphatic rings. The van der Waals surface area contributed by atoms with Crippen molar-refractivity contribution in [2.24, 2.45) is 11.8 Å². The number of likely N-dealkylation sites (tertiary alicyclic amines) is 1. The molecule has 0 saturated carbocycles. The molecule has 0 spiro atoms. The van der Waals surface area contributed by atoms with E-state index in [0.717, 1.165) is 12.3 Å². The first-order valence-electron chi connectivity index (χ1n) is 5.30. The molecule has 1 saturated heterocycles. The zero-order chi connectivity index (χ0) is 9.68. The highest BCUT2D eigenvalue weighted by atomic mass is 15.1. The Morgan fingerprint density at radius 1 is 1.46 bits per heavy atom. The molecule has 0 aromatic heterocycles. The summed E-state index contributed by atoms with van der Waals surface area (Å²) >= 11 is 0. The van der Waals surface area contributed by atoms with Crippen LogP contribution in [0.5, 0.6) is 0 Å². The minimum Gasteiger partial charge on any atom is -0.306 e. The van der Waals surface area contributed by atoms with Gasteiger partial charge in [-0.15, -0.1) is 0 Å². The Morgan fingerprint density at radius 2 is 2.08 bits per heavy atom. The zero-order valence-electron chi connectivity index (χ0n) is 8.79. The van der Waals surface area contributed by atoms with Crippen molar-refractivity contribution in [3.8, 4) is 6.07 Å². The summed E-state index contributed by atoms with van der Waals surface area (Å²) in [7, 11) is 2.19. The van der Waals surface area contributed by atoms with Gasteiger partial charge in [-0.05, 0) is 58.7 Å². The van der Waals surface area contributed by atoms with Crippen molar-refractivity contribution < 1.29 is 0 Å². The summed E-state index contributed by atoms with van der Waals surface area (Å²) in [4.78, 5) is 2.39. The van der Waals surface area contributed by atoms with Gasteiger partial charge in [-0.3, -0.25) is 0 Å². The molecular weight excluding hydrogens is 160 g/mol. The van der Waals surface area contributed by atoms with Crippen LogP contribution in [0.2, 0.25) is 0 Å². The van der Waals surface area contributed by atoms with Crippen LogP contribution in [0.1, 0.15) is 32.6 Å². The molecule has 1 heterocycles. The molecular formula is C11H20N2. The summed E-state index contributed by atoms with van der Waals surface area (Å²) in [6.45, 7) is 4.51. The number of nitriles is 1. The molecule has 2 nitrogen and oxygen atoms in total. The highest BCUT2D eigenvalue weighted by Gasteiger charge is 2.16. The van der Waals surface area contributed by atoms with E-state index in [2.05, 4.69) is 18.0 Å². The van der Waals surface area contributed by atoms with Crippen LogP contribution in [-0.4, -0.2) is 25.0 Å². The summed E-state index contributed by atoms with van der Waals surface area (Å²) in [6.07, 6.45) is 5.00. The Morgan fingerprint density at radius 3 is 2.62 bits per heavy atom. The van der Waals surface area contributed by atoms with Crippen LogP contribution >= 0.6 is 0 Å². The molecule has 0 aliphatic carbocycles. The molecule has 1 unspecified atom stereocenters. The van der Waals surface area contributed by atoms with E-state index in [1.54, 1.807) is 0 Å². The van der Waals surface area contributed by atoms with Crippen molar-refractivity contribution >= 4 is 0 Å². The topological polar surface area (TPSA) is 27.0 Å². The zero-order valence-corrected chi connectivity index (χ0v) is 8.79. The van der Waals surface area contributed by atoms with E-state index in [-0.39, 0.29) is 5.92 Å². The monoisotopic (exact) mass is 180 g/mol. The van der Waals surface area contributed by atoms with Gasteiger partial charge in [0.15, 0.2) is 0 Å². The standard InChI is InChI=1S/C11H20N2/c1-10(9-12)3-4-11-5-7-13(2)8-6-11/h10-11H,3-8H2,1-2H3. The van der Waals surface area contributed by atoms with Crippen molar-refractivity contribution in [2.75, 3.05) is 20.1 Å². The van der Waals surface area contributed by atoms with E-state index in [9.17, 15) is 0 Å². The van der Waals surface area contributed by atoms with Gasteiger partial charge in [-0.2, -0.15) is 5.26 Å². The lowest BCUT2D eigenvalue weighted by Crippen LogP contribution is -2.30. The van der Waals surface area contributed by atoms with E-state index >= 15 is 0 Å². The predicted octanol–water partition coefficient (Wildman–Crippen LogP) is 2.27. The van der Waals surface area contributed by atoms with Crippen molar-refractivity contribution in [2.45, 2.75) is 32.6 Å². The molecule has 1 aliphatic heterocycles. The summed E-state index contributed by atoms with van der Waals surface area (Å²) < 4.78 is 0. The van der Waals surface area contributed by atoms with E-state index < -0.39 is 0 Å². The largest absolute Gasteiger partial charge is 0.306 e.